The van der Waals surface area contributed by atoms with Crippen LogP contribution in [0.15, 0.2) is 24.3 Å². The molecule has 1 heterocycles. The fraction of sp³-hybridized carbons (Fsp3) is 0.600. The summed E-state index contributed by atoms with van der Waals surface area (Å²) >= 11 is 0. The van der Waals surface area contributed by atoms with Gasteiger partial charge in [0.2, 0.25) is 0 Å². The summed E-state index contributed by atoms with van der Waals surface area (Å²) in [5.41, 5.74) is 1.82. The quantitative estimate of drug-likeness (QED) is 0.840. The molecular formula is C15H23NO. The van der Waals surface area contributed by atoms with Crippen LogP contribution < -0.4 is 5.32 Å². The number of aliphatic hydroxyl groups is 1. The summed E-state index contributed by atoms with van der Waals surface area (Å²) in [4.78, 5) is 0. The van der Waals surface area contributed by atoms with Crippen LogP contribution in [-0.4, -0.2) is 18.2 Å². The van der Waals surface area contributed by atoms with E-state index in [2.05, 4.69) is 43.4 Å². The number of hydrogen-bond donors (Lipinski definition) is 2. The fourth-order valence-corrected chi connectivity index (χ4v) is 2.59. The number of rotatable bonds is 3. The highest BCUT2D eigenvalue weighted by molar-refractivity contribution is 5.29. The second kappa shape index (κ2) is 5.19. The number of benzene rings is 1. The molecule has 0 saturated carbocycles. The summed E-state index contributed by atoms with van der Waals surface area (Å²) in [5.74, 6) is 0.660. The van der Waals surface area contributed by atoms with Gasteiger partial charge in [0.15, 0.2) is 0 Å². The van der Waals surface area contributed by atoms with Crippen molar-refractivity contribution >= 4 is 0 Å². The zero-order valence-corrected chi connectivity index (χ0v) is 10.9. The van der Waals surface area contributed by atoms with Crippen molar-refractivity contribution in [3.05, 3.63) is 35.4 Å². The summed E-state index contributed by atoms with van der Waals surface area (Å²) in [6.45, 7) is 6.27. The van der Waals surface area contributed by atoms with Gasteiger partial charge in [-0.05, 0) is 49.4 Å². The van der Waals surface area contributed by atoms with Crippen molar-refractivity contribution < 1.29 is 5.11 Å². The largest absolute Gasteiger partial charge is 0.385 e. The lowest BCUT2D eigenvalue weighted by Gasteiger charge is -2.33. The van der Waals surface area contributed by atoms with E-state index >= 15 is 0 Å². The van der Waals surface area contributed by atoms with Gasteiger partial charge < -0.3 is 10.4 Å². The van der Waals surface area contributed by atoms with Crippen LogP contribution in [0.1, 0.15) is 37.8 Å². The Hall–Kier alpha value is -0.860. The molecule has 1 aliphatic rings. The van der Waals surface area contributed by atoms with Gasteiger partial charge in [0.1, 0.15) is 0 Å². The van der Waals surface area contributed by atoms with Crippen LogP contribution in [0.25, 0.3) is 0 Å². The van der Waals surface area contributed by atoms with Crippen molar-refractivity contribution in [2.45, 2.75) is 38.7 Å². The third-order valence-electron chi connectivity index (χ3n) is 3.54. The zero-order valence-electron chi connectivity index (χ0n) is 10.9. The molecule has 1 fully saturated rings. The Labute approximate surface area is 104 Å². The highest BCUT2D eigenvalue weighted by Gasteiger charge is 2.30. The summed E-state index contributed by atoms with van der Waals surface area (Å²) in [6.07, 6.45) is 2.72. The topological polar surface area (TPSA) is 32.3 Å². The van der Waals surface area contributed by atoms with Crippen LogP contribution in [-0.2, 0) is 12.0 Å². The highest BCUT2D eigenvalue weighted by atomic mass is 16.3. The molecule has 1 saturated heterocycles. The van der Waals surface area contributed by atoms with E-state index in [1.54, 1.807) is 0 Å². The van der Waals surface area contributed by atoms with Gasteiger partial charge in [-0.2, -0.15) is 0 Å². The number of piperidine rings is 1. The van der Waals surface area contributed by atoms with Crippen molar-refractivity contribution in [2.75, 3.05) is 13.1 Å². The Morgan fingerprint density at radius 1 is 1.29 bits per heavy atom. The van der Waals surface area contributed by atoms with Gasteiger partial charge in [0.05, 0.1) is 5.60 Å². The molecule has 1 aromatic rings. The summed E-state index contributed by atoms with van der Waals surface area (Å²) in [6, 6.07) is 8.49. The minimum atomic E-state index is -0.613. The molecule has 0 unspecified atom stereocenters. The predicted molar refractivity (Wildman–Crippen MR) is 71.0 cm³/mol. The first kappa shape index (κ1) is 12.6. The fourth-order valence-electron chi connectivity index (χ4n) is 2.59. The maximum absolute atomic E-state index is 10.7. The van der Waals surface area contributed by atoms with Crippen LogP contribution in [0.3, 0.4) is 0 Å². The summed E-state index contributed by atoms with van der Waals surface area (Å²) < 4.78 is 0. The molecule has 1 aliphatic heterocycles. The van der Waals surface area contributed by atoms with Gasteiger partial charge in [-0.25, -0.2) is 0 Å². The van der Waals surface area contributed by atoms with E-state index in [1.807, 2.05) is 0 Å². The number of hydrogen-bond acceptors (Lipinski definition) is 2. The SMILES string of the molecule is CC(C)Cc1cccc(C2(O)CCNCC2)c1. The smallest absolute Gasteiger partial charge is 0.0920 e. The van der Waals surface area contributed by atoms with E-state index in [-0.39, 0.29) is 0 Å². The minimum Gasteiger partial charge on any atom is -0.385 e. The van der Waals surface area contributed by atoms with Crippen LogP contribution in [0, 0.1) is 5.92 Å². The molecule has 0 radical (unpaired) electrons. The second-order valence-corrected chi connectivity index (χ2v) is 5.58. The van der Waals surface area contributed by atoms with Gasteiger partial charge >= 0.3 is 0 Å². The predicted octanol–water partition coefficient (Wildman–Crippen LogP) is 2.46. The monoisotopic (exact) mass is 233 g/mol. The molecule has 0 aliphatic carbocycles. The molecule has 2 heteroatoms. The lowest BCUT2D eigenvalue weighted by atomic mass is 9.84. The molecule has 2 N–H and O–H groups in total. The average Bonchev–Trinajstić information content (AvgIpc) is 2.29. The van der Waals surface area contributed by atoms with E-state index in [0.717, 1.165) is 37.9 Å². The first-order valence-corrected chi connectivity index (χ1v) is 6.63. The lowest BCUT2D eigenvalue weighted by molar-refractivity contribution is 0.00586. The van der Waals surface area contributed by atoms with Crippen molar-refractivity contribution in [2.24, 2.45) is 5.92 Å². The third kappa shape index (κ3) is 3.08. The summed E-state index contributed by atoms with van der Waals surface area (Å²) in [7, 11) is 0. The molecule has 17 heavy (non-hydrogen) atoms. The third-order valence-corrected chi connectivity index (χ3v) is 3.54. The zero-order chi connectivity index (χ0) is 12.3. The van der Waals surface area contributed by atoms with Gasteiger partial charge in [0.25, 0.3) is 0 Å². The molecule has 0 aromatic heterocycles. The molecule has 0 atom stereocenters. The Morgan fingerprint density at radius 2 is 2.00 bits per heavy atom. The van der Waals surface area contributed by atoms with E-state index in [0.29, 0.717) is 5.92 Å². The van der Waals surface area contributed by atoms with Gasteiger partial charge in [0, 0.05) is 0 Å². The van der Waals surface area contributed by atoms with Crippen molar-refractivity contribution in [1.29, 1.82) is 0 Å². The number of nitrogens with one attached hydrogen (secondary N) is 1. The minimum absolute atomic E-state index is 0.613. The molecule has 94 valence electrons. The van der Waals surface area contributed by atoms with Gasteiger partial charge in [-0.3, -0.25) is 0 Å². The van der Waals surface area contributed by atoms with Crippen molar-refractivity contribution in [1.82, 2.24) is 5.32 Å². The molecule has 0 spiro atoms. The van der Waals surface area contributed by atoms with Gasteiger partial charge in [-0.15, -0.1) is 0 Å². The van der Waals surface area contributed by atoms with Crippen LogP contribution >= 0.6 is 0 Å². The maximum atomic E-state index is 10.7. The van der Waals surface area contributed by atoms with E-state index in [4.69, 9.17) is 0 Å². The second-order valence-electron chi connectivity index (χ2n) is 5.58. The van der Waals surface area contributed by atoms with E-state index in [1.165, 1.54) is 5.56 Å². The van der Waals surface area contributed by atoms with Crippen molar-refractivity contribution in [3.63, 3.8) is 0 Å². The Kier molecular flexibility index (Phi) is 3.85. The first-order chi connectivity index (χ1) is 8.10. The van der Waals surface area contributed by atoms with Crippen LogP contribution in [0.2, 0.25) is 0 Å². The highest BCUT2D eigenvalue weighted by Crippen LogP contribution is 2.31. The maximum Gasteiger partial charge on any atom is 0.0920 e. The van der Waals surface area contributed by atoms with E-state index < -0.39 is 5.60 Å². The Balaban J connectivity index is 2.19. The molecule has 0 bridgehead atoms. The standard InChI is InChI=1S/C15H23NO/c1-12(2)10-13-4-3-5-14(11-13)15(17)6-8-16-9-7-15/h3-5,11-12,16-17H,6-10H2,1-2H3. The molecule has 1 aromatic carbocycles. The average molecular weight is 233 g/mol. The first-order valence-electron chi connectivity index (χ1n) is 6.63. The molecule has 2 rings (SSSR count). The molecule has 0 amide bonds. The van der Waals surface area contributed by atoms with Crippen LogP contribution in [0.5, 0.6) is 0 Å². The Morgan fingerprint density at radius 3 is 2.65 bits per heavy atom. The van der Waals surface area contributed by atoms with Gasteiger partial charge in [-0.1, -0.05) is 38.1 Å². The Bertz CT molecular complexity index is 367. The van der Waals surface area contributed by atoms with E-state index in [9.17, 15) is 5.11 Å². The molecular weight excluding hydrogens is 210 g/mol. The summed E-state index contributed by atoms with van der Waals surface area (Å²) in [5, 5.41) is 14.0. The van der Waals surface area contributed by atoms with Crippen LogP contribution in [0.4, 0.5) is 0 Å². The van der Waals surface area contributed by atoms with Crippen molar-refractivity contribution in [3.8, 4) is 0 Å². The lowest BCUT2D eigenvalue weighted by Crippen LogP contribution is -2.39. The normalized spacial score (nSPS) is 19.5. The molecule has 2 nitrogen and oxygen atoms in total.